The number of hydrogen-bond acceptors (Lipinski definition) is 7. The summed E-state index contributed by atoms with van der Waals surface area (Å²) in [6.45, 7) is 2.69. The molecule has 3 aromatic heterocycles. The molecule has 1 aliphatic rings. The van der Waals surface area contributed by atoms with E-state index < -0.39 is 0 Å². The third kappa shape index (κ3) is 3.41. The van der Waals surface area contributed by atoms with Crippen LogP contribution in [-0.2, 0) is 6.54 Å². The zero-order chi connectivity index (χ0) is 17.9. The molecule has 0 radical (unpaired) electrons. The van der Waals surface area contributed by atoms with E-state index in [9.17, 15) is 0 Å². The summed E-state index contributed by atoms with van der Waals surface area (Å²) in [4.78, 5) is 22.6. The molecule has 7 nitrogen and oxygen atoms in total. The Morgan fingerprint density at radius 1 is 1.15 bits per heavy atom. The number of anilines is 2. The molecule has 1 aliphatic heterocycles. The maximum absolute atomic E-state index is 4.67. The maximum Gasteiger partial charge on any atom is 0.171 e. The molecule has 1 atom stereocenters. The Kier molecular flexibility index (Phi) is 4.83. The van der Waals surface area contributed by atoms with Crippen LogP contribution < -0.4 is 9.80 Å². The summed E-state index contributed by atoms with van der Waals surface area (Å²) in [5.41, 5.74) is 2.97. The fourth-order valence-electron chi connectivity index (χ4n) is 3.55. The van der Waals surface area contributed by atoms with Crippen LogP contribution in [0.5, 0.6) is 0 Å². The first-order valence-electron chi connectivity index (χ1n) is 8.83. The first-order valence-corrected chi connectivity index (χ1v) is 9.78. The van der Waals surface area contributed by atoms with Crippen LogP contribution in [-0.4, -0.2) is 51.7 Å². The average molecular weight is 369 g/mol. The van der Waals surface area contributed by atoms with E-state index in [0.29, 0.717) is 5.92 Å². The second-order valence-corrected chi connectivity index (χ2v) is 7.49. The minimum atomic E-state index is 0.384. The van der Waals surface area contributed by atoms with E-state index in [2.05, 4.69) is 41.0 Å². The first-order chi connectivity index (χ1) is 12.7. The van der Waals surface area contributed by atoms with Gasteiger partial charge in [0.2, 0.25) is 0 Å². The highest BCUT2D eigenvalue weighted by Gasteiger charge is 2.27. The first kappa shape index (κ1) is 17.0. The molecule has 26 heavy (non-hydrogen) atoms. The van der Waals surface area contributed by atoms with Gasteiger partial charge in [-0.1, -0.05) is 0 Å². The summed E-state index contributed by atoms with van der Waals surface area (Å²) >= 11 is 1.63. The van der Waals surface area contributed by atoms with Crippen LogP contribution in [0.3, 0.4) is 0 Å². The molecule has 0 N–H and O–H groups in total. The Hall–Kier alpha value is -2.48. The molecular weight excluding hydrogens is 346 g/mol. The van der Waals surface area contributed by atoms with E-state index >= 15 is 0 Å². The fourth-order valence-corrected chi connectivity index (χ4v) is 4.10. The van der Waals surface area contributed by atoms with Crippen molar-refractivity contribution in [3.63, 3.8) is 0 Å². The van der Waals surface area contributed by atoms with E-state index in [1.54, 1.807) is 23.7 Å². The fraction of sp³-hybridized carbons (Fsp3) is 0.444. The van der Waals surface area contributed by atoms with Crippen molar-refractivity contribution in [3.8, 4) is 0 Å². The summed E-state index contributed by atoms with van der Waals surface area (Å²) in [7, 11) is 4.02. The van der Waals surface area contributed by atoms with Gasteiger partial charge in [-0.25, -0.2) is 19.9 Å². The van der Waals surface area contributed by atoms with Crippen molar-refractivity contribution in [2.45, 2.75) is 25.3 Å². The quantitative estimate of drug-likeness (QED) is 0.689. The van der Waals surface area contributed by atoms with Crippen molar-refractivity contribution in [2.24, 2.45) is 0 Å². The normalized spacial score (nSPS) is 17.5. The maximum atomic E-state index is 4.67. The topological polar surface area (TPSA) is 63.0 Å². The van der Waals surface area contributed by atoms with Crippen LogP contribution in [0, 0.1) is 0 Å². The second kappa shape index (κ2) is 7.41. The van der Waals surface area contributed by atoms with Crippen molar-refractivity contribution in [2.75, 3.05) is 37.0 Å². The van der Waals surface area contributed by atoms with Gasteiger partial charge in [0.05, 0.1) is 17.7 Å². The van der Waals surface area contributed by atoms with Crippen LogP contribution in [0.2, 0.25) is 0 Å². The van der Waals surface area contributed by atoms with Crippen molar-refractivity contribution in [3.05, 3.63) is 47.2 Å². The third-order valence-electron chi connectivity index (χ3n) is 4.73. The lowest BCUT2D eigenvalue weighted by molar-refractivity contribution is 0.473. The molecule has 3 aromatic rings. The van der Waals surface area contributed by atoms with E-state index in [1.165, 1.54) is 0 Å². The standard InChI is InChI=1S/C18H23N7S/c1-23(2)17-18(20-6-5-19-17)24-8-3-4-14(10-24)16-21-7-9-25(16)11-15-12-26-13-22-15/h5-7,9,12-14H,3-4,8,10-11H2,1-2H3/t14-/m1/s1. The largest absolute Gasteiger partial charge is 0.360 e. The van der Waals surface area contributed by atoms with E-state index in [-0.39, 0.29) is 0 Å². The summed E-state index contributed by atoms with van der Waals surface area (Å²) in [5.74, 6) is 3.39. The number of thiazole rings is 1. The summed E-state index contributed by atoms with van der Waals surface area (Å²) in [6.07, 6.45) is 9.74. The van der Waals surface area contributed by atoms with Gasteiger partial charge in [0.25, 0.3) is 0 Å². The highest BCUT2D eigenvalue weighted by molar-refractivity contribution is 7.07. The van der Waals surface area contributed by atoms with E-state index in [4.69, 9.17) is 0 Å². The monoisotopic (exact) mass is 369 g/mol. The number of imidazole rings is 1. The van der Waals surface area contributed by atoms with Gasteiger partial charge in [0.15, 0.2) is 11.6 Å². The molecule has 0 unspecified atom stereocenters. The molecule has 136 valence electrons. The molecular formula is C18H23N7S. The SMILES string of the molecule is CN(C)c1nccnc1N1CCC[C@@H](c2nccn2Cc2cscn2)C1. The predicted octanol–water partition coefficient (Wildman–Crippen LogP) is 2.63. The van der Waals surface area contributed by atoms with Crippen LogP contribution in [0.15, 0.2) is 35.7 Å². The molecule has 0 aromatic carbocycles. The predicted molar refractivity (Wildman–Crippen MR) is 104 cm³/mol. The number of aromatic nitrogens is 5. The molecule has 0 aliphatic carbocycles. The Bertz CT molecular complexity index is 843. The Morgan fingerprint density at radius 2 is 2.04 bits per heavy atom. The molecule has 0 saturated carbocycles. The van der Waals surface area contributed by atoms with Crippen LogP contribution in [0.25, 0.3) is 0 Å². The van der Waals surface area contributed by atoms with Crippen LogP contribution in [0.4, 0.5) is 11.6 Å². The lowest BCUT2D eigenvalue weighted by atomic mass is 9.97. The van der Waals surface area contributed by atoms with Gasteiger partial charge in [0, 0.05) is 63.3 Å². The summed E-state index contributed by atoms with van der Waals surface area (Å²) in [6, 6.07) is 0. The molecule has 8 heteroatoms. The Balaban J connectivity index is 1.56. The van der Waals surface area contributed by atoms with E-state index in [1.807, 2.05) is 30.7 Å². The van der Waals surface area contributed by atoms with Gasteiger partial charge in [-0.05, 0) is 12.8 Å². The molecule has 0 spiro atoms. The van der Waals surface area contributed by atoms with Gasteiger partial charge in [-0.15, -0.1) is 11.3 Å². The molecule has 0 amide bonds. The highest BCUT2D eigenvalue weighted by Crippen LogP contribution is 2.31. The molecule has 1 saturated heterocycles. The lowest BCUT2D eigenvalue weighted by Crippen LogP contribution is -2.37. The number of nitrogens with zero attached hydrogens (tertiary/aromatic N) is 7. The van der Waals surface area contributed by atoms with Gasteiger partial charge in [-0.3, -0.25) is 0 Å². The second-order valence-electron chi connectivity index (χ2n) is 6.78. The summed E-state index contributed by atoms with van der Waals surface area (Å²) in [5, 5.41) is 2.10. The summed E-state index contributed by atoms with van der Waals surface area (Å²) < 4.78 is 2.23. The molecule has 0 bridgehead atoms. The zero-order valence-electron chi connectivity index (χ0n) is 15.1. The third-order valence-corrected chi connectivity index (χ3v) is 5.37. The van der Waals surface area contributed by atoms with Gasteiger partial charge >= 0.3 is 0 Å². The van der Waals surface area contributed by atoms with Crippen molar-refractivity contribution >= 4 is 23.0 Å². The van der Waals surface area contributed by atoms with Gasteiger partial charge in [0.1, 0.15) is 5.82 Å². The van der Waals surface area contributed by atoms with Gasteiger partial charge in [-0.2, -0.15) is 0 Å². The number of piperidine rings is 1. The average Bonchev–Trinajstić information content (AvgIpc) is 3.34. The molecule has 4 rings (SSSR count). The molecule has 1 fully saturated rings. The van der Waals surface area contributed by atoms with Crippen molar-refractivity contribution < 1.29 is 0 Å². The lowest BCUT2D eigenvalue weighted by Gasteiger charge is -2.34. The Labute approximate surface area is 157 Å². The Morgan fingerprint density at radius 3 is 2.85 bits per heavy atom. The number of hydrogen-bond donors (Lipinski definition) is 0. The minimum Gasteiger partial charge on any atom is -0.360 e. The minimum absolute atomic E-state index is 0.384. The zero-order valence-corrected chi connectivity index (χ0v) is 15.9. The molecule has 4 heterocycles. The van der Waals surface area contributed by atoms with Crippen molar-refractivity contribution in [1.82, 2.24) is 24.5 Å². The highest BCUT2D eigenvalue weighted by atomic mass is 32.1. The van der Waals surface area contributed by atoms with E-state index in [0.717, 1.165) is 55.6 Å². The number of rotatable bonds is 5. The van der Waals surface area contributed by atoms with Crippen molar-refractivity contribution in [1.29, 1.82) is 0 Å². The van der Waals surface area contributed by atoms with Gasteiger partial charge < -0.3 is 14.4 Å². The van der Waals surface area contributed by atoms with Crippen LogP contribution >= 0.6 is 11.3 Å². The smallest absolute Gasteiger partial charge is 0.171 e. The van der Waals surface area contributed by atoms with Crippen LogP contribution in [0.1, 0.15) is 30.3 Å².